The van der Waals surface area contributed by atoms with Crippen molar-refractivity contribution in [1.82, 2.24) is 15.1 Å². The standard InChI is InChI=1S/C17H18N4O3/c1-11-9-15(24-20-11)14-10-18-17(21-4-7-22-8-5-21)19-16(14)13-3-6-23-12(13)2/h3,6,9-10H,4-5,7-8H2,1-2H3. The zero-order valence-electron chi connectivity index (χ0n) is 13.7. The van der Waals surface area contributed by atoms with Gasteiger partial charge >= 0.3 is 0 Å². The van der Waals surface area contributed by atoms with E-state index in [1.54, 1.807) is 12.5 Å². The minimum atomic E-state index is 0.650. The summed E-state index contributed by atoms with van der Waals surface area (Å²) in [6.45, 7) is 6.74. The molecule has 1 aliphatic rings. The molecule has 24 heavy (non-hydrogen) atoms. The summed E-state index contributed by atoms with van der Waals surface area (Å²) in [5.41, 5.74) is 3.33. The highest BCUT2D eigenvalue weighted by Crippen LogP contribution is 2.34. The van der Waals surface area contributed by atoms with E-state index in [9.17, 15) is 0 Å². The number of furan rings is 1. The van der Waals surface area contributed by atoms with Crippen LogP contribution in [0.25, 0.3) is 22.6 Å². The maximum Gasteiger partial charge on any atom is 0.226 e. The predicted octanol–water partition coefficient (Wildman–Crippen LogP) is 2.85. The summed E-state index contributed by atoms with van der Waals surface area (Å²) in [5.74, 6) is 2.14. The number of nitrogens with zero attached hydrogens (tertiary/aromatic N) is 4. The number of aromatic nitrogens is 3. The molecule has 1 aliphatic heterocycles. The SMILES string of the molecule is Cc1cc(-c2cnc(N3CCOCC3)nc2-c2ccoc2C)on1. The van der Waals surface area contributed by atoms with Crippen LogP contribution in [0.15, 0.2) is 33.5 Å². The molecule has 0 bridgehead atoms. The summed E-state index contributed by atoms with van der Waals surface area (Å²) in [7, 11) is 0. The maximum atomic E-state index is 5.46. The van der Waals surface area contributed by atoms with Gasteiger partial charge in [-0.05, 0) is 19.9 Å². The van der Waals surface area contributed by atoms with Gasteiger partial charge in [-0.2, -0.15) is 0 Å². The van der Waals surface area contributed by atoms with Crippen LogP contribution in [0.2, 0.25) is 0 Å². The van der Waals surface area contributed by atoms with Crippen LogP contribution in [0.4, 0.5) is 5.95 Å². The van der Waals surface area contributed by atoms with E-state index in [-0.39, 0.29) is 0 Å². The Kier molecular flexibility index (Phi) is 3.78. The van der Waals surface area contributed by atoms with Crippen molar-refractivity contribution < 1.29 is 13.7 Å². The number of ether oxygens (including phenoxy) is 1. The van der Waals surface area contributed by atoms with Crippen molar-refractivity contribution in [3.8, 4) is 22.6 Å². The van der Waals surface area contributed by atoms with Crippen LogP contribution in [0.3, 0.4) is 0 Å². The molecule has 3 aromatic heterocycles. The Bertz CT molecular complexity index is 849. The lowest BCUT2D eigenvalue weighted by molar-refractivity contribution is 0.122. The highest BCUT2D eigenvalue weighted by Gasteiger charge is 2.21. The normalized spacial score (nSPS) is 15.0. The van der Waals surface area contributed by atoms with Gasteiger partial charge in [0, 0.05) is 30.9 Å². The van der Waals surface area contributed by atoms with Gasteiger partial charge in [0.2, 0.25) is 5.95 Å². The monoisotopic (exact) mass is 326 g/mol. The van der Waals surface area contributed by atoms with Crippen LogP contribution in [0, 0.1) is 13.8 Å². The van der Waals surface area contributed by atoms with Crippen molar-refractivity contribution in [2.75, 3.05) is 31.2 Å². The molecule has 0 unspecified atom stereocenters. The molecule has 0 saturated carbocycles. The van der Waals surface area contributed by atoms with Crippen molar-refractivity contribution in [3.05, 3.63) is 36.0 Å². The minimum Gasteiger partial charge on any atom is -0.469 e. The first-order valence-electron chi connectivity index (χ1n) is 7.90. The highest BCUT2D eigenvalue weighted by atomic mass is 16.5. The molecule has 0 aromatic carbocycles. The summed E-state index contributed by atoms with van der Waals surface area (Å²) in [5, 5.41) is 3.97. The van der Waals surface area contributed by atoms with Crippen LogP contribution >= 0.6 is 0 Å². The second-order valence-corrected chi connectivity index (χ2v) is 5.75. The fourth-order valence-corrected chi connectivity index (χ4v) is 2.80. The average molecular weight is 326 g/mol. The molecule has 7 nitrogen and oxygen atoms in total. The lowest BCUT2D eigenvalue weighted by atomic mass is 10.1. The number of aryl methyl sites for hydroxylation is 2. The van der Waals surface area contributed by atoms with Gasteiger partial charge in [0.1, 0.15) is 5.76 Å². The topological polar surface area (TPSA) is 77.4 Å². The lowest BCUT2D eigenvalue weighted by Crippen LogP contribution is -2.37. The summed E-state index contributed by atoms with van der Waals surface area (Å²) >= 11 is 0. The van der Waals surface area contributed by atoms with Gasteiger partial charge in [-0.1, -0.05) is 5.16 Å². The molecule has 7 heteroatoms. The first kappa shape index (κ1) is 14.9. The van der Waals surface area contributed by atoms with E-state index in [0.29, 0.717) is 24.9 Å². The quantitative estimate of drug-likeness (QED) is 0.732. The van der Waals surface area contributed by atoms with Gasteiger partial charge < -0.3 is 18.6 Å². The van der Waals surface area contributed by atoms with E-state index in [1.807, 2.05) is 26.0 Å². The Labute approximate surface area is 139 Å². The smallest absolute Gasteiger partial charge is 0.226 e. The molecule has 1 saturated heterocycles. The molecule has 4 rings (SSSR count). The predicted molar refractivity (Wildman–Crippen MR) is 87.7 cm³/mol. The molecule has 1 fully saturated rings. The molecular formula is C17H18N4O3. The molecule has 0 spiro atoms. The third kappa shape index (κ3) is 2.67. The van der Waals surface area contributed by atoms with Crippen LogP contribution < -0.4 is 4.90 Å². The highest BCUT2D eigenvalue weighted by molar-refractivity contribution is 5.79. The van der Waals surface area contributed by atoms with E-state index < -0.39 is 0 Å². The fourth-order valence-electron chi connectivity index (χ4n) is 2.80. The van der Waals surface area contributed by atoms with Gasteiger partial charge in [-0.25, -0.2) is 9.97 Å². The third-order valence-corrected chi connectivity index (χ3v) is 4.08. The third-order valence-electron chi connectivity index (χ3n) is 4.08. The van der Waals surface area contributed by atoms with Crippen LogP contribution in [0.1, 0.15) is 11.5 Å². The number of anilines is 1. The summed E-state index contributed by atoms with van der Waals surface area (Å²) in [6.07, 6.45) is 3.45. The number of hydrogen-bond donors (Lipinski definition) is 0. The van der Waals surface area contributed by atoms with E-state index in [2.05, 4.69) is 15.0 Å². The van der Waals surface area contributed by atoms with Crippen LogP contribution in [0.5, 0.6) is 0 Å². The van der Waals surface area contributed by atoms with E-state index >= 15 is 0 Å². The van der Waals surface area contributed by atoms with Gasteiger partial charge in [-0.3, -0.25) is 0 Å². The average Bonchev–Trinajstić information content (AvgIpc) is 3.23. The number of morpholine rings is 1. The fraction of sp³-hybridized carbons (Fsp3) is 0.353. The first-order valence-corrected chi connectivity index (χ1v) is 7.90. The van der Waals surface area contributed by atoms with Crippen LogP contribution in [-0.4, -0.2) is 41.4 Å². The molecule has 3 aromatic rings. The van der Waals surface area contributed by atoms with E-state index in [4.69, 9.17) is 18.7 Å². The van der Waals surface area contributed by atoms with Crippen molar-refractivity contribution in [2.45, 2.75) is 13.8 Å². The van der Waals surface area contributed by atoms with Crippen molar-refractivity contribution in [1.29, 1.82) is 0 Å². The summed E-state index contributed by atoms with van der Waals surface area (Å²) in [4.78, 5) is 11.4. The van der Waals surface area contributed by atoms with E-state index in [0.717, 1.165) is 41.4 Å². The zero-order chi connectivity index (χ0) is 16.5. The lowest BCUT2D eigenvalue weighted by Gasteiger charge is -2.27. The maximum absolute atomic E-state index is 5.46. The molecule has 124 valence electrons. The molecule has 4 heterocycles. The molecule has 0 amide bonds. The summed E-state index contributed by atoms with van der Waals surface area (Å²) < 4.78 is 16.3. The van der Waals surface area contributed by atoms with Crippen LogP contribution in [-0.2, 0) is 4.74 Å². The Hall–Kier alpha value is -2.67. The largest absolute Gasteiger partial charge is 0.469 e. The molecule has 0 atom stereocenters. The second kappa shape index (κ2) is 6.09. The van der Waals surface area contributed by atoms with Gasteiger partial charge in [0.05, 0.1) is 36.4 Å². The van der Waals surface area contributed by atoms with Gasteiger partial charge in [0.25, 0.3) is 0 Å². The minimum absolute atomic E-state index is 0.650. The molecule has 0 aliphatic carbocycles. The first-order chi connectivity index (χ1) is 11.7. The van der Waals surface area contributed by atoms with E-state index in [1.165, 1.54) is 0 Å². The second-order valence-electron chi connectivity index (χ2n) is 5.75. The van der Waals surface area contributed by atoms with Gasteiger partial charge in [-0.15, -0.1) is 0 Å². The number of rotatable bonds is 3. The summed E-state index contributed by atoms with van der Waals surface area (Å²) in [6, 6.07) is 3.79. The number of hydrogen-bond acceptors (Lipinski definition) is 7. The Morgan fingerprint density at radius 1 is 1.12 bits per heavy atom. The van der Waals surface area contributed by atoms with Crippen molar-refractivity contribution in [3.63, 3.8) is 0 Å². The molecule has 0 radical (unpaired) electrons. The van der Waals surface area contributed by atoms with Gasteiger partial charge in [0.15, 0.2) is 5.76 Å². The Balaban J connectivity index is 1.83. The zero-order valence-corrected chi connectivity index (χ0v) is 13.7. The Morgan fingerprint density at radius 3 is 2.62 bits per heavy atom. The molecule has 0 N–H and O–H groups in total. The van der Waals surface area contributed by atoms with Crippen molar-refractivity contribution in [2.24, 2.45) is 0 Å². The Morgan fingerprint density at radius 2 is 1.96 bits per heavy atom. The molecular weight excluding hydrogens is 308 g/mol. The van der Waals surface area contributed by atoms with Crippen molar-refractivity contribution >= 4 is 5.95 Å².